The van der Waals surface area contributed by atoms with Gasteiger partial charge >= 0.3 is 0 Å². The van der Waals surface area contributed by atoms with E-state index in [9.17, 15) is 5.11 Å². The smallest absolute Gasteiger partial charge is 0.194 e. The van der Waals surface area contributed by atoms with Gasteiger partial charge in [-0.25, -0.2) is 0 Å². The summed E-state index contributed by atoms with van der Waals surface area (Å²) in [6, 6.07) is 15.1. The monoisotopic (exact) mass is 503 g/mol. The quantitative estimate of drug-likeness (QED) is 0.339. The third-order valence-corrected chi connectivity index (χ3v) is 4.17. The van der Waals surface area contributed by atoms with E-state index in [1.807, 2.05) is 67.4 Å². The fourth-order valence-corrected chi connectivity index (χ4v) is 2.66. The van der Waals surface area contributed by atoms with E-state index in [-0.39, 0.29) is 30.5 Å². The predicted octanol–water partition coefficient (Wildman–Crippen LogP) is 4.10. The minimum Gasteiger partial charge on any atom is -0.497 e. The van der Waals surface area contributed by atoms with Gasteiger partial charge in [0.15, 0.2) is 5.96 Å². The third-order valence-electron chi connectivity index (χ3n) is 3.92. The number of nitrogens with zero attached hydrogens (tertiary/aromatic N) is 2. The molecule has 0 aliphatic carbocycles. The second-order valence-corrected chi connectivity index (χ2v) is 6.41. The summed E-state index contributed by atoms with van der Waals surface area (Å²) >= 11 is 5.94. The fourth-order valence-electron chi connectivity index (χ4n) is 2.54. The van der Waals surface area contributed by atoms with Gasteiger partial charge in [-0.15, -0.1) is 24.0 Å². The number of aliphatic hydroxyl groups excluding tert-OH is 1. The number of nitrogens with one attached hydrogen (secondary N) is 1. The first-order chi connectivity index (χ1) is 12.5. The Hall–Kier alpha value is -1.51. The summed E-state index contributed by atoms with van der Waals surface area (Å²) in [6.45, 7) is 3.72. The molecule has 0 amide bonds. The molecule has 0 bridgehead atoms. The molecule has 2 rings (SSSR count). The average molecular weight is 504 g/mol. The molecular formula is C20H27ClIN3O2. The van der Waals surface area contributed by atoms with Crippen LogP contribution in [-0.4, -0.2) is 43.2 Å². The molecule has 0 aliphatic rings. The number of aliphatic imine (C=N–C) groups is 1. The van der Waals surface area contributed by atoms with Gasteiger partial charge in [0, 0.05) is 25.2 Å². The van der Waals surface area contributed by atoms with Crippen LogP contribution in [0.5, 0.6) is 5.75 Å². The average Bonchev–Trinajstić information content (AvgIpc) is 2.66. The molecule has 27 heavy (non-hydrogen) atoms. The van der Waals surface area contributed by atoms with E-state index in [1.54, 1.807) is 7.11 Å². The van der Waals surface area contributed by atoms with Crippen LogP contribution in [0, 0.1) is 0 Å². The van der Waals surface area contributed by atoms with Gasteiger partial charge in [0.05, 0.1) is 19.8 Å². The van der Waals surface area contributed by atoms with Crippen molar-refractivity contribution in [2.75, 3.05) is 27.2 Å². The van der Waals surface area contributed by atoms with E-state index in [0.29, 0.717) is 6.54 Å². The van der Waals surface area contributed by atoms with E-state index in [2.05, 4.69) is 10.3 Å². The van der Waals surface area contributed by atoms with Gasteiger partial charge in [-0.3, -0.25) is 4.99 Å². The highest BCUT2D eigenvalue weighted by Gasteiger charge is 2.11. The lowest BCUT2D eigenvalue weighted by molar-refractivity contribution is 0.186. The molecule has 0 spiro atoms. The van der Waals surface area contributed by atoms with E-state index in [4.69, 9.17) is 16.3 Å². The molecular weight excluding hydrogens is 477 g/mol. The first kappa shape index (κ1) is 23.5. The van der Waals surface area contributed by atoms with E-state index < -0.39 is 6.10 Å². The van der Waals surface area contributed by atoms with Crippen molar-refractivity contribution in [1.82, 2.24) is 10.2 Å². The van der Waals surface area contributed by atoms with Crippen LogP contribution in [0.4, 0.5) is 0 Å². The highest BCUT2D eigenvalue weighted by molar-refractivity contribution is 14.0. The van der Waals surface area contributed by atoms with Crippen molar-refractivity contribution in [3.05, 3.63) is 64.7 Å². The molecule has 0 aromatic heterocycles. The van der Waals surface area contributed by atoms with Gasteiger partial charge < -0.3 is 20.1 Å². The summed E-state index contributed by atoms with van der Waals surface area (Å²) in [5, 5.41) is 14.4. The molecule has 0 saturated carbocycles. The molecule has 148 valence electrons. The molecule has 0 heterocycles. The summed E-state index contributed by atoms with van der Waals surface area (Å²) in [5.41, 5.74) is 1.92. The maximum atomic E-state index is 10.4. The van der Waals surface area contributed by atoms with E-state index in [0.717, 1.165) is 34.4 Å². The Kier molecular flexibility index (Phi) is 10.5. The molecule has 2 aromatic rings. The van der Waals surface area contributed by atoms with Crippen LogP contribution >= 0.6 is 35.6 Å². The van der Waals surface area contributed by atoms with E-state index >= 15 is 0 Å². The minimum atomic E-state index is -0.692. The molecule has 1 unspecified atom stereocenters. The van der Waals surface area contributed by atoms with Crippen molar-refractivity contribution in [3.8, 4) is 5.75 Å². The zero-order valence-corrected chi connectivity index (χ0v) is 18.9. The van der Waals surface area contributed by atoms with Crippen molar-refractivity contribution in [2.24, 2.45) is 4.99 Å². The second kappa shape index (κ2) is 12.0. The highest BCUT2D eigenvalue weighted by atomic mass is 127. The van der Waals surface area contributed by atoms with Crippen molar-refractivity contribution < 1.29 is 9.84 Å². The largest absolute Gasteiger partial charge is 0.497 e. The number of ether oxygens (including phenoxy) is 1. The van der Waals surface area contributed by atoms with Crippen molar-refractivity contribution in [2.45, 2.75) is 19.6 Å². The van der Waals surface area contributed by atoms with Gasteiger partial charge in [0.1, 0.15) is 5.75 Å². The Labute approximate surface area is 183 Å². The SMILES string of the molecule is CCNC(=NCC(O)c1cccc(OC)c1)N(C)Cc1ccc(Cl)cc1.I. The summed E-state index contributed by atoms with van der Waals surface area (Å²) < 4.78 is 5.21. The van der Waals surface area contributed by atoms with E-state index in [1.165, 1.54) is 0 Å². The maximum Gasteiger partial charge on any atom is 0.194 e. The molecule has 0 fully saturated rings. The molecule has 2 N–H and O–H groups in total. The van der Waals surface area contributed by atoms with Gasteiger partial charge in [0.25, 0.3) is 0 Å². The Balaban J connectivity index is 0.00000364. The number of hydrogen-bond donors (Lipinski definition) is 2. The molecule has 0 radical (unpaired) electrons. The molecule has 5 nitrogen and oxygen atoms in total. The summed E-state index contributed by atoms with van der Waals surface area (Å²) in [7, 11) is 3.58. The summed E-state index contributed by atoms with van der Waals surface area (Å²) in [4.78, 5) is 6.59. The number of guanidine groups is 1. The predicted molar refractivity (Wildman–Crippen MR) is 122 cm³/mol. The van der Waals surface area contributed by atoms with Crippen LogP contribution in [0.3, 0.4) is 0 Å². The Bertz CT molecular complexity index is 725. The molecule has 0 aliphatic heterocycles. The zero-order valence-electron chi connectivity index (χ0n) is 15.9. The Morgan fingerprint density at radius 1 is 1.26 bits per heavy atom. The summed E-state index contributed by atoms with van der Waals surface area (Å²) in [5.74, 6) is 1.46. The van der Waals surface area contributed by atoms with Crippen molar-refractivity contribution in [3.63, 3.8) is 0 Å². The normalized spacial score (nSPS) is 12.1. The van der Waals surface area contributed by atoms with Crippen LogP contribution in [0.25, 0.3) is 0 Å². The minimum absolute atomic E-state index is 0. The van der Waals surface area contributed by atoms with Crippen LogP contribution < -0.4 is 10.1 Å². The van der Waals surface area contributed by atoms with Crippen molar-refractivity contribution in [1.29, 1.82) is 0 Å². The fraction of sp³-hybridized carbons (Fsp3) is 0.350. The number of benzene rings is 2. The lowest BCUT2D eigenvalue weighted by Gasteiger charge is -2.22. The topological polar surface area (TPSA) is 57.1 Å². The Morgan fingerprint density at radius 2 is 1.96 bits per heavy atom. The number of hydrogen-bond acceptors (Lipinski definition) is 3. The zero-order chi connectivity index (χ0) is 18.9. The standard InChI is InChI=1S/C20H26ClN3O2.HI/c1-4-22-20(24(2)14-15-8-10-17(21)11-9-15)23-13-19(25)16-6-5-7-18(12-16)26-3;/h5-12,19,25H,4,13-14H2,1-3H3,(H,22,23);1H. The second-order valence-electron chi connectivity index (χ2n) is 5.97. The Morgan fingerprint density at radius 3 is 2.59 bits per heavy atom. The lowest BCUT2D eigenvalue weighted by Crippen LogP contribution is -2.38. The number of aliphatic hydroxyl groups is 1. The molecule has 2 aromatic carbocycles. The van der Waals surface area contributed by atoms with Gasteiger partial charge in [-0.05, 0) is 42.3 Å². The molecule has 7 heteroatoms. The van der Waals surface area contributed by atoms with Crippen LogP contribution in [0.15, 0.2) is 53.5 Å². The van der Waals surface area contributed by atoms with Gasteiger partial charge in [0.2, 0.25) is 0 Å². The van der Waals surface area contributed by atoms with Crippen LogP contribution in [-0.2, 0) is 6.54 Å². The summed E-state index contributed by atoms with van der Waals surface area (Å²) in [6.07, 6.45) is -0.692. The first-order valence-electron chi connectivity index (χ1n) is 8.59. The molecule has 1 atom stereocenters. The van der Waals surface area contributed by atoms with Crippen molar-refractivity contribution >= 4 is 41.5 Å². The number of halogens is 2. The number of methoxy groups -OCH3 is 1. The van der Waals surface area contributed by atoms with Crippen LogP contribution in [0.1, 0.15) is 24.2 Å². The van der Waals surface area contributed by atoms with Gasteiger partial charge in [-0.2, -0.15) is 0 Å². The maximum absolute atomic E-state index is 10.4. The number of rotatable bonds is 7. The highest BCUT2D eigenvalue weighted by Crippen LogP contribution is 2.19. The van der Waals surface area contributed by atoms with Gasteiger partial charge in [-0.1, -0.05) is 35.9 Å². The molecule has 0 saturated heterocycles. The van der Waals surface area contributed by atoms with Crippen LogP contribution in [0.2, 0.25) is 5.02 Å². The third kappa shape index (κ3) is 7.56. The lowest BCUT2D eigenvalue weighted by atomic mass is 10.1. The first-order valence-corrected chi connectivity index (χ1v) is 8.97.